The van der Waals surface area contributed by atoms with Crippen molar-refractivity contribution in [1.82, 2.24) is 15.0 Å². The van der Waals surface area contributed by atoms with Gasteiger partial charge in [-0.3, -0.25) is 9.59 Å². The molecule has 4 aliphatic carbocycles. The minimum absolute atomic E-state index is 0.0275. The number of rotatable bonds is 3. The molecular formula is C24H35N3O2. The topological polar surface area (TPSA) is 64.8 Å². The Bertz CT molecular complexity index is 805. The summed E-state index contributed by atoms with van der Waals surface area (Å²) in [4.78, 5) is 28.3. The minimum atomic E-state index is -0.173. The molecular weight excluding hydrogens is 362 g/mol. The van der Waals surface area contributed by atoms with Gasteiger partial charge in [0.15, 0.2) is 5.78 Å². The molecule has 0 spiro atoms. The molecule has 5 rings (SSSR count). The van der Waals surface area contributed by atoms with Gasteiger partial charge >= 0.3 is 0 Å². The Labute approximate surface area is 174 Å². The van der Waals surface area contributed by atoms with Gasteiger partial charge in [-0.25, -0.2) is 0 Å². The standard InChI is InChI=1S/C24H35N3O2/c1-15-8-9-23(2)16(12-15)4-5-17-18-6-7-19(21(29)14-27-25-10-11-26-27)24(18,3)13-20(28)22(17)23/h10-11,15-19,22H,4-9,12-14H2,1-3H3/t15?,16-,17-,18-,19+,22+,23-,24-/m0/s1. The van der Waals surface area contributed by atoms with Crippen molar-refractivity contribution in [2.24, 2.45) is 46.3 Å². The third kappa shape index (κ3) is 2.86. The molecule has 1 unspecified atom stereocenters. The van der Waals surface area contributed by atoms with Crippen LogP contribution in [-0.2, 0) is 16.1 Å². The number of carbonyl (C=O) groups excluding carboxylic acids is 2. The fraction of sp³-hybridized carbons (Fsp3) is 0.833. The van der Waals surface area contributed by atoms with Crippen LogP contribution < -0.4 is 0 Å². The molecule has 158 valence electrons. The lowest BCUT2D eigenvalue weighted by Gasteiger charge is -2.60. The fourth-order valence-electron chi connectivity index (χ4n) is 8.39. The highest BCUT2D eigenvalue weighted by Crippen LogP contribution is 2.66. The van der Waals surface area contributed by atoms with Crippen molar-refractivity contribution in [3.05, 3.63) is 12.4 Å². The lowest BCUT2D eigenvalue weighted by Crippen LogP contribution is -2.57. The normalized spacial score (nSPS) is 46.7. The molecule has 0 amide bonds. The second kappa shape index (κ2) is 6.75. The Morgan fingerprint density at radius 3 is 2.62 bits per heavy atom. The first-order chi connectivity index (χ1) is 13.8. The third-order valence-electron chi connectivity index (χ3n) is 9.76. The van der Waals surface area contributed by atoms with Crippen LogP contribution in [0.4, 0.5) is 0 Å². The van der Waals surface area contributed by atoms with E-state index in [1.165, 1.54) is 36.9 Å². The van der Waals surface area contributed by atoms with E-state index < -0.39 is 0 Å². The van der Waals surface area contributed by atoms with Gasteiger partial charge in [-0.1, -0.05) is 27.2 Å². The molecule has 4 fully saturated rings. The Kier molecular flexibility index (Phi) is 4.52. The predicted octanol–water partition coefficient (Wildman–Crippen LogP) is 4.32. The lowest BCUT2D eigenvalue weighted by molar-refractivity contribution is -0.160. The molecule has 5 heteroatoms. The third-order valence-corrected chi connectivity index (χ3v) is 9.76. The van der Waals surface area contributed by atoms with Gasteiger partial charge in [-0.2, -0.15) is 15.0 Å². The average Bonchev–Trinajstić information content (AvgIpc) is 3.28. The summed E-state index contributed by atoms with van der Waals surface area (Å²) in [6.45, 7) is 7.30. The van der Waals surface area contributed by atoms with E-state index in [1.54, 1.807) is 12.4 Å². The highest BCUT2D eigenvalue weighted by molar-refractivity contribution is 5.87. The van der Waals surface area contributed by atoms with Crippen LogP contribution in [0.1, 0.15) is 72.1 Å². The van der Waals surface area contributed by atoms with E-state index in [4.69, 9.17) is 0 Å². The van der Waals surface area contributed by atoms with Crippen LogP contribution in [-0.4, -0.2) is 26.6 Å². The number of ketones is 2. The molecule has 0 N–H and O–H groups in total. The van der Waals surface area contributed by atoms with E-state index in [0.717, 1.165) is 18.8 Å². The van der Waals surface area contributed by atoms with E-state index in [2.05, 4.69) is 31.0 Å². The zero-order valence-corrected chi connectivity index (χ0v) is 18.1. The minimum Gasteiger partial charge on any atom is -0.299 e. The summed E-state index contributed by atoms with van der Waals surface area (Å²) in [6.07, 6.45) is 12.1. The Morgan fingerprint density at radius 1 is 1.10 bits per heavy atom. The lowest BCUT2D eigenvalue weighted by atomic mass is 9.44. The predicted molar refractivity (Wildman–Crippen MR) is 110 cm³/mol. The average molecular weight is 398 g/mol. The number of Topliss-reactive ketones (excluding diaryl/α,β-unsaturated/α-hetero) is 2. The Hall–Kier alpha value is -1.52. The highest BCUT2D eigenvalue weighted by Gasteiger charge is 2.63. The van der Waals surface area contributed by atoms with Gasteiger partial charge < -0.3 is 0 Å². The largest absolute Gasteiger partial charge is 0.299 e. The van der Waals surface area contributed by atoms with E-state index in [9.17, 15) is 9.59 Å². The van der Waals surface area contributed by atoms with Crippen molar-refractivity contribution in [2.45, 2.75) is 78.7 Å². The second-order valence-electron chi connectivity index (χ2n) is 11.2. The smallest absolute Gasteiger partial charge is 0.159 e. The zero-order valence-electron chi connectivity index (χ0n) is 18.1. The maximum absolute atomic E-state index is 13.7. The van der Waals surface area contributed by atoms with E-state index >= 15 is 0 Å². The molecule has 0 aromatic carbocycles. The van der Waals surface area contributed by atoms with Crippen molar-refractivity contribution in [3.8, 4) is 0 Å². The Morgan fingerprint density at radius 2 is 1.86 bits per heavy atom. The first kappa shape index (κ1) is 19.4. The fourth-order valence-corrected chi connectivity index (χ4v) is 8.39. The number of aromatic nitrogens is 3. The first-order valence-electron chi connectivity index (χ1n) is 11.7. The van der Waals surface area contributed by atoms with Crippen LogP contribution in [0.5, 0.6) is 0 Å². The van der Waals surface area contributed by atoms with Gasteiger partial charge in [-0.05, 0) is 73.0 Å². The van der Waals surface area contributed by atoms with Crippen molar-refractivity contribution in [1.29, 1.82) is 0 Å². The molecule has 1 aromatic heterocycles. The molecule has 29 heavy (non-hydrogen) atoms. The molecule has 4 saturated carbocycles. The van der Waals surface area contributed by atoms with Crippen LogP contribution in [0.2, 0.25) is 0 Å². The van der Waals surface area contributed by atoms with Crippen molar-refractivity contribution >= 4 is 11.6 Å². The zero-order chi connectivity index (χ0) is 20.4. The van der Waals surface area contributed by atoms with Crippen LogP contribution in [0.3, 0.4) is 0 Å². The van der Waals surface area contributed by atoms with Crippen LogP contribution in [0.25, 0.3) is 0 Å². The quantitative estimate of drug-likeness (QED) is 0.762. The number of carbonyl (C=O) groups is 2. The SMILES string of the molecule is CC1CC[C@@]2(C)[C@@H](CC[C@H]3[C@@H]4CC[C@H](C(=O)Cn5nccn5)[C@@]4(C)CC(=O)[C@@H]32)C1. The summed E-state index contributed by atoms with van der Waals surface area (Å²) in [5, 5.41) is 8.23. The molecule has 0 aliphatic heterocycles. The summed E-state index contributed by atoms with van der Waals surface area (Å²) in [7, 11) is 0. The monoisotopic (exact) mass is 397 g/mol. The summed E-state index contributed by atoms with van der Waals surface area (Å²) in [5.74, 6) is 3.40. The van der Waals surface area contributed by atoms with E-state index in [1.807, 2.05) is 0 Å². The molecule has 5 nitrogen and oxygen atoms in total. The first-order valence-corrected chi connectivity index (χ1v) is 11.7. The number of hydrogen-bond donors (Lipinski definition) is 0. The van der Waals surface area contributed by atoms with Crippen LogP contribution in [0.15, 0.2) is 12.4 Å². The van der Waals surface area contributed by atoms with Gasteiger partial charge in [0.1, 0.15) is 12.3 Å². The maximum atomic E-state index is 13.7. The van der Waals surface area contributed by atoms with Gasteiger partial charge in [0.05, 0.1) is 12.4 Å². The molecule has 1 heterocycles. The van der Waals surface area contributed by atoms with E-state index in [-0.39, 0.29) is 35.0 Å². The number of nitrogens with zero attached hydrogens (tertiary/aromatic N) is 3. The molecule has 4 aliphatic rings. The van der Waals surface area contributed by atoms with E-state index in [0.29, 0.717) is 30.0 Å². The Balaban J connectivity index is 1.41. The van der Waals surface area contributed by atoms with Gasteiger partial charge in [0.25, 0.3) is 0 Å². The molecule has 0 radical (unpaired) electrons. The molecule has 8 atom stereocenters. The van der Waals surface area contributed by atoms with Crippen LogP contribution >= 0.6 is 0 Å². The second-order valence-corrected chi connectivity index (χ2v) is 11.2. The number of hydrogen-bond acceptors (Lipinski definition) is 4. The summed E-state index contributed by atoms with van der Waals surface area (Å²) >= 11 is 0. The summed E-state index contributed by atoms with van der Waals surface area (Å²) in [5.41, 5.74) is 0.0164. The summed E-state index contributed by atoms with van der Waals surface area (Å²) < 4.78 is 0. The van der Waals surface area contributed by atoms with Gasteiger partial charge in [-0.15, -0.1) is 0 Å². The van der Waals surface area contributed by atoms with Crippen molar-refractivity contribution in [3.63, 3.8) is 0 Å². The van der Waals surface area contributed by atoms with Gasteiger partial charge in [0, 0.05) is 18.3 Å². The number of fused-ring (bicyclic) bond motifs is 5. The highest BCUT2D eigenvalue weighted by atomic mass is 16.1. The van der Waals surface area contributed by atoms with Crippen LogP contribution in [0, 0.1) is 46.3 Å². The van der Waals surface area contributed by atoms with Gasteiger partial charge in [0.2, 0.25) is 0 Å². The molecule has 0 bridgehead atoms. The summed E-state index contributed by atoms with van der Waals surface area (Å²) in [6, 6.07) is 0. The maximum Gasteiger partial charge on any atom is 0.159 e. The van der Waals surface area contributed by atoms with Crippen molar-refractivity contribution < 1.29 is 9.59 Å². The molecule has 0 saturated heterocycles. The van der Waals surface area contributed by atoms with Crippen molar-refractivity contribution in [2.75, 3.05) is 0 Å². The molecule has 1 aromatic rings.